The lowest BCUT2D eigenvalue weighted by atomic mass is 10.2. The van der Waals surface area contributed by atoms with Crippen LogP contribution in [0.15, 0.2) is 33.7 Å². The fourth-order valence-corrected chi connectivity index (χ4v) is 1.38. The largest absolute Gasteiger partial charge is 0.446 e. The Morgan fingerprint density at radius 1 is 1.35 bits per heavy atom. The highest BCUT2D eigenvalue weighted by Crippen LogP contribution is 2.24. The molecule has 1 aromatic heterocycles. The van der Waals surface area contributed by atoms with Crippen LogP contribution in [0.2, 0.25) is 0 Å². The highest BCUT2D eigenvalue weighted by atomic mass is 16.3. The van der Waals surface area contributed by atoms with E-state index in [-0.39, 0.29) is 11.7 Å². The van der Waals surface area contributed by atoms with E-state index in [1.54, 1.807) is 30.5 Å². The van der Waals surface area contributed by atoms with Gasteiger partial charge in [-0.15, -0.1) is 0 Å². The molecule has 3 N–H and O–H groups in total. The number of nitrogens with one attached hydrogen (secondary N) is 1. The van der Waals surface area contributed by atoms with Gasteiger partial charge in [-0.05, 0) is 18.2 Å². The summed E-state index contributed by atoms with van der Waals surface area (Å²) in [4.78, 5) is 3.97. The van der Waals surface area contributed by atoms with Gasteiger partial charge in [0.1, 0.15) is 11.7 Å². The van der Waals surface area contributed by atoms with Crippen molar-refractivity contribution < 1.29 is 4.42 Å². The molecule has 0 unspecified atom stereocenters. The number of nitrogens with zero attached hydrogens (tertiary/aromatic N) is 3. The molecule has 0 aliphatic carbocycles. The third kappa shape index (κ3) is 2.16. The first-order valence-corrected chi connectivity index (χ1v) is 4.66. The Morgan fingerprint density at radius 3 is 2.88 bits per heavy atom. The van der Waals surface area contributed by atoms with Crippen LogP contribution in [0.1, 0.15) is 5.76 Å². The molecule has 0 aliphatic rings. The van der Waals surface area contributed by atoms with E-state index in [4.69, 9.17) is 20.7 Å². The van der Waals surface area contributed by atoms with Crippen molar-refractivity contribution >= 4 is 22.6 Å². The number of nitrogens with two attached hydrogens (primary N) is 1. The molecule has 2 aromatic rings. The first-order chi connectivity index (χ1) is 8.22. The maximum atomic E-state index is 8.69. The monoisotopic (exact) mass is 225 g/mol. The zero-order valence-corrected chi connectivity index (χ0v) is 8.64. The van der Waals surface area contributed by atoms with E-state index in [0.29, 0.717) is 11.3 Å². The van der Waals surface area contributed by atoms with Crippen LogP contribution in [0.3, 0.4) is 0 Å². The lowest BCUT2D eigenvalue weighted by Crippen LogP contribution is -2.26. The number of aliphatic imine (C=N–C) groups is 1. The molecule has 0 fully saturated rings. The van der Waals surface area contributed by atoms with Gasteiger partial charge in [-0.25, -0.2) is 4.99 Å². The normalized spacial score (nSPS) is 10.8. The summed E-state index contributed by atoms with van der Waals surface area (Å²) in [7, 11) is 0. The summed E-state index contributed by atoms with van der Waals surface area (Å²) >= 11 is 0. The van der Waals surface area contributed by atoms with Crippen LogP contribution < -0.4 is 11.1 Å². The molecule has 0 radical (unpaired) electrons. The fourth-order valence-electron chi connectivity index (χ4n) is 1.38. The number of nitriles is 2. The van der Waals surface area contributed by atoms with Crippen molar-refractivity contribution in [2.45, 2.75) is 0 Å². The quantitative estimate of drug-likeness (QED) is 0.329. The van der Waals surface area contributed by atoms with Gasteiger partial charge in [0.25, 0.3) is 0 Å². The van der Waals surface area contributed by atoms with Crippen molar-refractivity contribution in [1.29, 1.82) is 10.5 Å². The number of fused-ring (bicyclic) bond motifs is 1. The molecule has 0 spiro atoms. The van der Waals surface area contributed by atoms with Crippen molar-refractivity contribution in [2.75, 3.05) is 0 Å². The van der Waals surface area contributed by atoms with Crippen molar-refractivity contribution in [3.8, 4) is 12.3 Å². The Kier molecular flexibility index (Phi) is 2.63. The molecule has 0 bridgehead atoms. The van der Waals surface area contributed by atoms with Crippen LogP contribution in [0.5, 0.6) is 0 Å². The molecule has 6 nitrogen and oxygen atoms in total. The number of furan rings is 1. The van der Waals surface area contributed by atoms with Gasteiger partial charge in [-0.3, -0.25) is 5.32 Å². The minimum atomic E-state index is 0.0100. The molecular formula is C11H7N5O. The number of rotatable bonds is 1. The second-order valence-electron chi connectivity index (χ2n) is 3.18. The van der Waals surface area contributed by atoms with Gasteiger partial charge in [0, 0.05) is 11.5 Å². The molecule has 0 saturated carbocycles. The summed E-state index contributed by atoms with van der Waals surface area (Å²) in [6.45, 7) is 0. The van der Waals surface area contributed by atoms with E-state index in [0.717, 1.165) is 5.39 Å². The Bertz CT molecular complexity index is 671. The Balaban J connectivity index is 2.42. The predicted octanol–water partition coefficient (Wildman–Crippen LogP) is 1.32. The maximum Gasteiger partial charge on any atom is 0.207 e. The Hall–Kier alpha value is -2.99. The van der Waals surface area contributed by atoms with Crippen LogP contribution in [0.25, 0.3) is 11.0 Å². The van der Waals surface area contributed by atoms with Gasteiger partial charge >= 0.3 is 0 Å². The molecule has 6 heteroatoms. The third-order valence-electron chi connectivity index (χ3n) is 2.04. The van der Waals surface area contributed by atoms with Crippen LogP contribution in [-0.4, -0.2) is 5.96 Å². The lowest BCUT2D eigenvalue weighted by molar-refractivity contribution is 0.599. The van der Waals surface area contributed by atoms with E-state index in [2.05, 4.69) is 10.3 Å². The van der Waals surface area contributed by atoms with Gasteiger partial charge < -0.3 is 10.2 Å². The topological polar surface area (TPSA) is 111 Å². The number of guanidine groups is 1. The van der Waals surface area contributed by atoms with Gasteiger partial charge in [-0.2, -0.15) is 10.5 Å². The van der Waals surface area contributed by atoms with Gasteiger partial charge in [-0.1, -0.05) is 0 Å². The third-order valence-corrected chi connectivity index (χ3v) is 2.04. The maximum absolute atomic E-state index is 8.69. The Morgan fingerprint density at radius 2 is 2.18 bits per heavy atom. The van der Waals surface area contributed by atoms with Crippen molar-refractivity contribution in [1.82, 2.24) is 5.32 Å². The molecule has 0 amide bonds. The van der Waals surface area contributed by atoms with Crippen LogP contribution >= 0.6 is 0 Å². The van der Waals surface area contributed by atoms with E-state index in [1.165, 1.54) is 0 Å². The lowest BCUT2D eigenvalue weighted by Gasteiger charge is -1.96. The zero-order chi connectivity index (χ0) is 12.3. The number of hydrogen-bond acceptors (Lipinski definition) is 4. The summed E-state index contributed by atoms with van der Waals surface area (Å²) < 4.78 is 5.22. The van der Waals surface area contributed by atoms with Crippen molar-refractivity contribution in [2.24, 2.45) is 10.7 Å². The van der Waals surface area contributed by atoms with Crippen molar-refractivity contribution in [3.05, 3.63) is 30.0 Å². The first kappa shape index (κ1) is 10.5. The zero-order valence-electron chi connectivity index (χ0n) is 8.64. The molecule has 2 rings (SSSR count). The highest BCUT2D eigenvalue weighted by Gasteiger charge is 2.03. The van der Waals surface area contributed by atoms with E-state index in [9.17, 15) is 0 Å². The number of benzene rings is 1. The van der Waals surface area contributed by atoms with Gasteiger partial charge in [0.2, 0.25) is 11.7 Å². The summed E-state index contributed by atoms with van der Waals surface area (Å²) in [6, 6.07) is 8.61. The molecular weight excluding hydrogens is 218 g/mol. The van der Waals surface area contributed by atoms with E-state index in [1.807, 2.05) is 6.07 Å². The summed E-state index contributed by atoms with van der Waals surface area (Å²) in [5, 5.41) is 20.0. The smallest absolute Gasteiger partial charge is 0.207 e. The van der Waals surface area contributed by atoms with Crippen LogP contribution in [-0.2, 0) is 0 Å². The minimum absolute atomic E-state index is 0.0100. The second kappa shape index (κ2) is 4.25. The molecule has 1 heterocycles. The number of hydrogen-bond donors (Lipinski definition) is 2. The highest BCUT2D eigenvalue weighted by molar-refractivity contribution is 5.86. The summed E-state index contributed by atoms with van der Waals surface area (Å²) in [5.74, 6) is 0.250. The predicted molar refractivity (Wildman–Crippen MR) is 61.0 cm³/mol. The Labute approximate surface area is 96.6 Å². The average molecular weight is 225 g/mol. The second-order valence-corrected chi connectivity index (χ2v) is 3.18. The van der Waals surface area contributed by atoms with E-state index >= 15 is 0 Å². The first-order valence-electron chi connectivity index (χ1n) is 4.66. The van der Waals surface area contributed by atoms with Crippen LogP contribution in [0.4, 0.5) is 5.69 Å². The molecule has 0 aliphatic heterocycles. The van der Waals surface area contributed by atoms with Gasteiger partial charge in [0.05, 0.1) is 5.69 Å². The minimum Gasteiger partial charge on any atom is -0.446 e. The molecule has 82 valence electrons. The van der Waals surface area contributed by atoms with Crippen LogP contribution in [0, 0.1) is 22.8 Å². The van der Waals surface area contributed by atoms with Crippen molar-refractivity contribution in [3.63, 3.8) is 0 Å². The standard InChI is InChI=1S/C11H7N5O/c12-5-9-4-7-3-8(1-2-10(7)17-9)16-11(14)15-6-13/h1-4H,(H3,14,15,16). The molecule has 0 atom stereocenters. The molecule has 1 aromatic carbocycles. The molecule has 0 saturated heterocycles. The summed E-state index contributed by atoms with van der Waals surface area (Å²) in [5.41, 5.74) is 6.61. The summed E-state index contributed by atoms with van der Waals surface area (Å²) in [6.07, 6.45) is 1.67. The fraction of sp³-hybridized carbons (Fsp3) is 0. The van der Waals surface area contributed by atoms with Gasteiger partial charge in [0.15, 0.2) is 6.19 Å². The SMILES string of the molecule is N#CNC(N)=Nc1ccc2oc(C#N)cc2c1. The molecule has 17 heavy (non-hydrogen) atoms. The van der Waals surface area contributed by atoms with E-state index < -0.39 is 0 Å². The average Bonchev–Trinajstić information content (AvgIpc) is 2.71.